The van der Waals surface area contributed by atoms with E-state index in [1.807, 2.05) is 67.6 Å². The zero-order chi connectivity index (χ0) is 17.1. The second kappa shape index (κ2) is 6.66. The van der Waals surface area contributed by atoms with Gasteiger partial charge in [0, 0.05) is 4.92 Å². The Labute approximate surface area is 140 Å². The van der Waals surface area contributed by atoms with Crippen LogP contribution in [-0.4, -0.2) is 16.7 Å². The molecule has 1 aliphatic rings. The molecule has 1 heterocycles. The molecule has 0 aliphatic carbocycles. The maximum Gasteiger partial charge on any atom is 0.264 e. The molecule has 1 aliphatic heterocycles. The molecule has 2 atom stereocenters. The van der Waals surface area contributed by atoms with Crippen LogP contribution in [0.15, 0.2) is 77.1 Å². The summed E-state index contributed by atoms with van der Waals surface area (Å²) >= 11 is 0. The molecule has 2 unspecified atom stereocenters. The van der Waals surface area contributed by atoms with Gasteiger partial charge in [-0.2, -0.15) is 0 Å². The lowest BCUT2D eigenvalue weighted by molar-refractivity contribution is -0.506. The first-order chi connectivity index (χ1) is 11.6. The molecule has 0 fully saturated rings. The summed E-state index contributed by atoms with van der Waals surface area (Å²) in [5.74, 6) is 0.670. The number of para-hydroxylation sites is 1. The highest BCUT2D eigenvalue weighted by Crippen LogP contribution is 2.37. The van der Waals surface area contributed by atoms with Crippen LogP contribution in [0.2, 0.25) is 0 Å². The van der Waals surface area contributed by atoms with Gasteiger partial charge in [0.25, 0.3) is 6.04 Å². The Balaban J connectivity index is 2.10. The zero-order valence-corrected chi connectivity index (χ0v) is 13.5. The van der Waals surface area contributed by atoms with E-state index in [1.54, 1.807) is 6.92 Å². The first-order valence-electron chi connectivity index (χ1n) is 7.75. The van der Waals surface area contributed by atoms with Crippen molar-refractivity contribution in [3.8, 4) is 5.75 Å². The Hall–Kier alpha value is -2.95. The SMILES string of the molecule is CC1=NC(C)=C(Oc2ccccc2)C(c2ccccc2)C1[N+](=O)[O-]. The number of aliphatic imine (C=N–C) groups is 1. The quantitative estimate of drug-likeness (QED) is 0.626. The molecule has 0 N–H and O–H groups in total. The molecule has 2 aromatic carbocycles. The average molecular weight is 322 g/mol. The topological polar surface area (TPSA) is 64.7 Å². The minimum Gasteiger partial charge on any atom is -0.459 e. The Morgan fingerprint density at radius 1 is 1.00 bits per heavy atom. The number of rotatable bonds is 4. The fraction of sp³-hybridized carbons (Fsp3) is 0.211. The van der Waals surface area contributed by atoms with Gasteiger partial charge >= 0.3 is 0 Å². The third-order valence-corrected chi connectivity index (χ3v) is 4.08. The Morgan fingerprint density at radius 3 is 2.17 bits per heavy atom. The van der Waals surface area contributed by atoms with Crippen LogP contribution in [0.4, 0.5) is 0 Å². The zero-order valence-electron chi connectivity index (χ0n) is 13.5. The van der Waals surface area contributed by atoms with E-state index >= 15 is 0 Å². The summed E-state index contributed by atoms with van der Waals surface area (Å²) in [7, 11) is 0. The molecular weight excluding hydrogens is 304 g/mol. The van der Waals surface area contributed by atoms with Gasteiger partial charge in [-0.1, -0.05) is 48.5 Å². The molecule has 0 saturated heterocycles. The monoisotopic (exact) mass is 322 g/mol. The Kier molecular flexibility index (Phi) is 4.42. The third-order valence-electron chi connectivity index (χ3n) is 4.08. The van der Waals surface area contributed by atoms with Crippen molar-refractivity contribution in [2.45, 2.75) is 25.8 Å². The Bertz CT molecular complexity index is 798. The van der Waals surface area contributed by atoms with Gasteiger partial charge in [-0.3, -0.25) is 15.1 Å². The molecule has 3 rings (SSSR count). The molecule has 5 nitrogen and oxygen atoms in total. The van der Waals surface area contributed by atoms with Crippen molar-refractivity contribution in [2.75, 3.05) is 0 Å². The molecule has 122 valence electrons. The highest BCUT2D eigenvalue weighted by atomic mass is 16.6. The summed E-state index contributed by atoms with van der Waals surface area (Å²) in [4.78, 5) is 15.8. The minimum absolute atomic E-state index is 0.280. The number of nitro groups is 1. The van der Waals surface area contributed by atoms with Crippen LogP contribution in [0.3, 0.4) is 0 Å². The van der Waals surface area contributed by atoms with Crippen LogP contribution in [0, 0.1) is 10.1 Å². The summed E-state index contributed by atoms with van der Waals surface area (Å²) in [6.45, 7) is 3.53. The van der Waals surface area contributed by atoms with Crippen LogP contribution in [0.5, 0.6) is 5.75 Å². The van der Waals surface area contributed by atoms with E-state index in [0.717, 1.165) is 5.56 Å². The maximum absolute atomic E-state index is 11.7. The molecular formula is C19H18N2O3. The van der Waals surface area contributed by atoms with Gasteiger partial charge in [0.05, 0.1) is 11.4 Å². The van der Waals surface area contributed by atoms with Crippen molar-refractivity contribution in [1.29, 1.82) is 0 Å². The van der Waals surface area contributed by atoms with Crippen molar-refractivity contribution >= 4 is 5.71 Å². The van der Waals surface area contributed by atoms with E-state index < -0.39 is 12.0 Å². The fourth-order valence-corrected chi connectivity index (χ4v) is 3.02. The molecule has 0 amide bonds. The molecule has 2 aromatic rings. The molecule has 0 aromatic heterocycles. The first kappa shape index (κ1) is 15.9. The van der Waals surface area contributed by atoms with Gasteiger partial charge in [0.1, 0.15) is 17.4 Å². The van der Waals surface area contributed by atoms with E-state index in [2.05, 4.69) is 4.99 Å². The summed E-state index contributed by atoms with van der Waals surface area (Å²) in [5.41, 5.74) is 2.01. The van der Waals surface area contributed by atoms with Crippen molar-refractivity contribution in [3.63, 3.8) is 0 Å². The minimum atomic E-state index is -0.935. The lowest BCUT2D eigenvalue weighted by Gasteiger charge is -2.28. The van der Waals surface area contributed by atoms with Gasteiger partial charge < -0.3 is 4.74 Å². The molecule has 0 saturated carbocycles. The summed E-state index contributed by atoms with van der Waals surface area (Å²) in [5, 5.41) is 11.7. The van der Waals surface area contributed by atoms with Crippen LogP contribution >= 0.6 is 0 Å². The smallest absolute Gasteiger partial charge is 0.264 e. The van der Waals surface area contributed by atoms with Gasteiger partial charge in [-0.05, 0) is 31.5 Å². The van der Waals surface area contributed by atoms with E-state index in [-0.39, 0.29) is 4.92 Å². The number of ether oxygens (including phenoxy) is 1. The lowest BCUT2D eigenvalue weighted by Crippen LogP contribution is -2.39. The highest BCUT2D eigenvalue weighted by molar-refractivity contribution is 5.89. The molecule has 5 heteroatoms. The molecule has 0 spiro atoms. The van der Waals surface area contributed by atoms with Crippen molar-refractivity contribution in [1.82, 2.24) is 0 Å². The average Bonchev–Trinajstić information content (AvgIpc) is 2.58. The number of benzene rings is 2. The molecule has 0 bridgehead atoms. The normalized spacial score (nSPS) is 20.5. The van der Waals surface area contributed by atoms with Crippen molar-refractivity contribution < 1.29 is 9.66 Å². The first-order valence-corrected chi connectivity index (χ1v) is 7.75. The highest BCUT2D eigenvalue weighted by Gasteiger charge is 2.43. The van der Waals surface area contributed by atoms with Crippen LogP contribution < -0.4 is 4.74 Å². The number of nitrogens with zero attached hydrogens (tertiary/aromatic N) is 2. The van der Waals surface area contributed by atoms with Gasteiger partial charge in [0.15, 0.2) is 0 Å². The maximum atomic E-state index is 11.7. The summed E-state index contributed by atoms with van der Waals surface area (Å²) in [6.07, 6.45) is 0. The summed E-state index contributed by atoms with van der Waals surface area (Å²) in [6, 6.07) is 17.8. The number of allylic oxidation sites excluding steroid dienone is 1. The molecule has 24 heavy (non-hydrogen) atoms. The third kappa shape index (κ3) is 3.06. The van der Waals surface area contributed by atoms with Crippen molar-refractivity contribution in [3.05, 3.63) is 87.8 Å². The van der Waals surface area contributed by atoms with E-state index in [0.29, 0.717) is 22.9 Å². The number of hydrogen-bond donors (Lipinski definition) is 0. The summed E-state index contributed by atoms with van der Waals surface area (Å²) < 4.78 is 6.03. The largest absolute Gasteiger partial charge is 0.459 e. The standard InChI is InChI=1S/C19H18N2O3/c1-13-18(21(22)23)17(15-9-5-3-6-10-15)19(14(2)20-13)24-16-11-7-4-8-12-16/h3-12,17-18H,1-2H3. The fourth-order valence-electron chi connectivity index (χ4n) is 3.02. The van der Waals surface area contributed by atoms with Gasteiger partial charge in [-0.15, -0.1) is 0 Å². The van der Waals surface area contributed by atoms with E-state index in [9.17, 15) is 10.1 Å². The van der Waals surface area contributed by atoms with Crippen LogP contribution in [0.1, 0.15) is 25.3 Å². The number of hydrogen-bond acceptors (Lipinski definition) is 4. The van der Waals surface area contributed by atoms with E-state index in [1.165, 1.54) is 0 Å². The van der Waals surface area contributed by atoms with E-state index in [4.69, 9.17) is 4.74 Å². The second-order valence-corrected chi connectivity index (χ2v) is 5.74. The predicted molar refractivity (Wildman–Crippen MR) is 92.8 cm³/mol. The van der Waals surface area contributed by atoms with Gasteiger partial charge in [-0.25, -0.2) is 0 Å². The lowest BCUT2D eigenvalue weighted by atomic mass is 9.85. The van der Waals surface area contributed by atoms with Gasteiger partial charge in [0.2, 0.25) is 0 Å². The van der Waals surface area contributed by atoms with Crippen LogP contribution in [-0.2, 0) is 0 Å². The predicted octanol–water partition coefficient (Wildman–Crippen LogP) is 4.20. The second-order valence-electron chi connectivity index (χ2n) is 5.74. The van der Waals surface area contributed by atoms with Crippen LogP contribution in [0.25, 0.3) is 0 Å². The van der Waals surface area contributed by atoms with Crippen molar-refractivity contribution in [2.24, 2.45) is 4.99 Å². The molecule has 0 radical (unpaired) electrons. The Morgan fingerprint density at radius 2 is 1.58 bits per heavy atom.